The molecule has 3 aromatic rings. The highest BCUT2D eigenvalue weighted by molar-refractivity contribution is 6.09. The van der Waals surface area contributed by atoms with Gasteiger partial charge in [-0.05, 0) is 72.9 Å². The standard InChI is InChI=1S/C27H23F2N5O4/c1-27(18-11-19(28)13-20(29)12-18)25(37)33-26(38)34(27)14-23(35)31-21-6-5-15-8-17(9-16(15)10-21)24(36)32-22-4-2-3-7-30-22/h2-7,10-13,17H,8-9,14H2,1H3,(H,31,35)(H,30,32,36)(H,33,37,38). The van der Waals surface area contributed by atoms with Gasteiger partial charge in [0.2, 0.25) is 11.8 Å². The summed E-state index contributed by atoms with van der Waals surface area (Å²) in [5.74, 6) is -3.20. The lowest BCUT2D eigenvalue weighted by Crippen LogP contribution is -2.47. The van der Waals surface area contributed by atoms with Crippen molar-refractivity contribution in [2.24, 2.45) is 5.92 Å². The number of carbonyl (C=O) groups excluding carboxylic acids is 4. The van der Waals surface area contributed by atoms with Crippen LogP contribution in [0.1, 0.15) is 23.6 Å². The normalized spacial score (nSPS) is 20.2. The van der Waals surface area contributed by atoms with Gasteiger partial charge in [0, 0.05) is 23.9 Å². The Morgan fingerprint density at radius 1 is 1.03 bits per heavy atom. The van der Waals surface area contributed by atoms with Crippen molar-refractivity contribution in [2.45, 2.75) is 25.3 Å². The quantitative estimate of drug-likeness (QED) is 0.433. The van der Waals surface area contributed by atoms with Crippen molar-refractivity contribution < 1.29 is 28.0 Å². The SMILES string of the molecule is CC1(c2cc(F)cc(F)c2)C(=O)NC(=O)N1CC(=O)Nc1ccc2c(c1)CC(C(=O)Nc1ccccn1)C2. The van der Waals surface area contributed by atoms with Gasteiger partial charge < -0.3 is 10.6 Å². The lowest BCUT2D eigenvalue weighted by molar-refractivity contribution is -0.127. The summed E-state index contributed by atoms with van der Waals surface area (Å²) in [7, 11) is 0. The third-order valence-corrected chi connectivity index (χ3v) is 6.88. The van der Waals surface area contributed by atoms with E-state index in [0.29, 0.717) is 30.4 Å². The van der Waals surface area contributed by atoms with E-state index in [4.69, 9.17) is 0 Å². The molecule has 2 aliphatic rings. The van der Waals surface area contributed by atoms with Gasteiger partial charge in [-0.2, -0.15) is 0 Å². The number of aromatic nitrogens is 1. The third kappa shape index (κ3) is 4.70. The molecule has 1 saturated heterocycles. The van der Waals surface area contributed by atoms with E-state index in [9.17, 15) is 28.0 Å². The number of hydrogen-bond acceptors (Lipinski definition) is 5. The van der Waals surface area contributed by atoms with E-state index < -0.39 is 41.6 Å². The maximum absolute atomic E-state index is 13.9. The molecule has 0 bridgehead atoms. The van der Waals surface area contributed by atoms with Gasteiger partial charge in [-0.15, -0.1) is 0 Å². The van der Waals surface area contributed by atoms with Crippen LogP contribution in [0.2, 0.25) is 0 Å². The predicted molar refractivity (Wildman–Crippen MR) is 133 cm³/mol. The van der Waals surface area contributed by atoms with Gasteiger partial charge in [0.15, 0.2) is 0 Å². The second kappa shape index (κ2) is 9.66. The summed E-state index contributed by atoms with van der Waals surface area (Å²) >= 11 is 0. The number of benzene rings is 2. The zero-order chi connectivity index (χ0) is 27.0. The van der Waals surface area contributed by atoms with Crippen LogP contribution in [-0.4, -0.2) is 40.2 Å². The van der Waals surface area contributed by atoms with Crippen LogP contribution in [0.25, 0.3) is 0 Å². The van der Waals surface area contributed by atoms with Crippen LogP contribution >= 0.6 is 0 Å². The molecule has 0 radical (unpaired) electrons. The average Bonchev–Trinajstić information content (AvgIpc) is 3.39. The molecule has 5 amide bonds. The third-order valence-electron chi connectivity index (χ3n) is 6.88. The molecule has 3 N–H and O–H groups in total. The summed E-state index contributed by atoms with van der Waals surface area (Å²) in [5, 5.41) is 7.61. The number of nitrogens with one attached hydrogen (secondary N) is 3. The lowest BCUT2D eigenvalue weighted by Gasteiger charge is -2.31. The molecule has 2 atom stereocenters. The van der Waals surface area contributed by atoms with E-state index in [2.05, 4.69) is 20.9 Å². The van der Waals surface area contributed by atoms with Crippen molar-refractivity contribution in [2.75, 3.05) is 17.2 Å². The Kier molecular flexibility index (Phi) is 6.35. The highest BCUT2D eigenvalue weighted by atomic mass is 19.1. The number of imide groups is 1. The molecule has 0 spiro atoms. The topological polar surface area (TPSA) is 121 Å². The Morgan fingerprint density at radius 2 is 1.76 bits per heavy atom. The fourth-order valence-electron chi connectivity index (χ4n) is 4.85. The molecule has 2 heterocycles. The van der Waals surface area contributed by atoms with Gasteiger partial charge in [-0.25, -0.2) is 18.6 Å². The second-order valence-electron chi connectivity index (χ2n) is 9.42. The molecule has 38 heavy (non-hydrogen) atoms. The van der Waals surface area contributed by atoms with E-state index in [1.807, 2.05) is 6.07 Å². The number of hydrogen-bond donors (Lipinski definition) is 3. The Balaban J connectivity index is 1.27. The van der Waals surface area contributed by atoms with Crippen molar-refractivity contribution in [1.82, 2.24) is 15.2 Å². The lowest BCUT2D eigenvalue weighted by atomic mass is 9.90. The molecule has 5 rings (SSSR count). The molecule has 2 unspecified atom stereocenters. The highest BCUT2D eigenvalue weighted by Gasteiger charge is 2.51. The highest BCUT2D eigenvalue weighted by Crippen LogP contribution is 2.34. The number of anilines is 2. The zero-order valence-electron chi connectivity index (χ0n) is 20.3. The first-order valence-electron chi connectivity index (χ1n) is 11.9. The maximum atomic E-state index is 13.9. The number of rotatable bonds is 6. The molecule has 0 saturated carbocycles. The van der Waals surface area contributed by atoms with Crippen LogP contribution in [0.3, 0.4) is 0 Å². The van der Waals surface area contributed by atoms with E-state index in [-0.39, 0.29) is 17.4 Å². The Hall–Kier alpha value is -4.67. The average molecular weight is 520 g/mol. The van der Waals surface area contributed by atoms with Crippen molar-refractivity contribution >= 4 is 35.3 Å². The number of halogens is 2. The summed E-state index contributed by atoms with van der Waals surface area (Å²) in [6.45, 7) is 0.776. The Morgan fingerprint density at radius 3 is 2.47 bits per heavy atom. The minimum absolute atomic E-state index is 0.0984. The van der Waals surface area contributed by atoms with Crippen LogP contribution in [0.15, 0.2) is 60.8 Å². The molecule has 194 valence electrons. The zero-order valence-corrected chi connectivity index (χ0v) is 20.3. The smallest absolute Gasteiger partial charge is 0.325 e. The van der Waals surface area contributed by atoms with Crippen molar-refractivity contribution in [3.05, 3.63) is 89.1 Å². The number of pyridine rings is 1. The van der Waals surface area contributed by atoms with E-state index in [1.165, 1.54) is 6.92 Å². The molecular formula is C27H23F2N5O4. The van der Waals surface area contributed by atoms with Gasteiger partial charge in [0.05, 0.1) is 0 Å². The molecule has 1 aromatic heterocycles. The summed E-state index contributed by atoms with van der Waals surface area (Å²) in [6.07, 6.45) is 2.61. The fraction of sp³-hybridized carbons (Fsp3) is 0.222. The van der Waals surface area contributed by atoms with Gasteiger partial charge in [0.25, 0.3) is 5.91 Å². The van der Waals surface area contributed by atoms with Crippen molar-refractivity contribution in [3.63, 3.8) is 0 Å². The van der Waals surface area contributed by atoms with E-state index >= 15 is 0 Å². The van der Waals surface area contributed by atoms with E-state index in [1.54, 1.807) is 36.5 Å². The first-order chi connectivity index (χ1) is 18.1. The summed E-state index contributed by atoms with van der Waals surface area (Å²) < 4.78 is 27.7. The van der Waals surface area contributed by atoms with Crippen LogP contribution in [0.5, 0.6) is 0 Å². The van der Waals surface area contributed by atoms with Gasteiger partial charge in [-0.3, -0.25) is 24.6 Å². The number of carbonyl (C=O) groups is 4. The minimum Gasteiger partial charge on any atom is -0.325 e. The van der Waals surface area contributed by atoms with Gasteiger partial charge >= 0.3 is 6.03 Å². The summed E-state index contributed by atoms with van der Waals surface area (Å²) in [5.41, 5.74) is 0.443. The van der Waals surface area contributed by atoms with Crippen molar-refractivity contribution in [3.8, 4) is 0 Å². The maximum Gasteiger partial charge on any atom is 0.325 e. The molecular weight excluding hydrogens is 496 g/mol. The first kappa shape index (κ1) is 25.0. The molecule has 1 aliphatic carbocycles. The predicted octanol–water partition coefficient (Wildman–Crippen LogP) is 3.12. The number of urea groups is 1. The molecule has 2 aromatic carbocycles. The fourth-order valence-corrected chi connectivity index (χ4v) is 4.85. The monoisotopic (exact) mass is 519 g/mol. The Bertz CT molecular complexity index is 1440. The van der Waals surface area contributed by atoms with Crippen molar-refractivity contribution in [1.29, 1.82) is 0 Å². The first-order valence-corrected chi connectivity index (χ1v) is 11.9. The second-order valence-corrected chi connectivity index (χ2v) is 9.42. The molecule has 11 heteroatoms. The largest absolute Gasteiger partial charge is 0.325 e. The number of amides is 5. The van der Waals surface area contributed by atoms with Crippen LogP contribution < -0.4 is 16.0 Å². The van der Waals surface area contributed by atoms with Gasteiger partial charge in [0.1, 0.15) is 29.5 Å². The van der Waals surface area contributed by atoms with Crippen LogP contribution in [0.4, 0.5) is 25.1 Å². The molecule has 1 fully saturated rings. The minimum atomic E-state index is -1.79. The van der Waals surface area contributed by atoms with Crippen LogP contribution in [-0.2, 0) is 32.8 Å². The number of fused-ring (bicyclic) bond motifs is 1. The molecule has 1 aliphatic heterocycles. The van der Waals surface area contributed by atoms with Gasteiger partial charge in [-0.1, -0.05) is 12.1 Å². The Labute approximate surface area is 216 Å². The van der Waals surface area contributed by atoms with E-state index in [0.717, 1.165) is 28.2 Å². The van der Waals surface area contributed by atoms with Crippen LogP contribution in [0, 0.1) is 17.6 Å². The summed E-state index contributed by atoms with van der Waals surface area (Å²) in [4.78, 5) is 55.7. The summed E-state index contributed by atoms with van der Waals surface area (Å²) in [6, 6.07) is 12.2. The number of nitrogens with zero attached hydrogens (tertiary/aromatic N) is 2. The molecule has 9 nitrogen and oxygen atoms in total.